The molecule has 1 aromatic heterocycles. The van der Waals surface area contributed by atoms with Crippen molar-refractivity contribution in [2.45, 2.75) is 11.8 Å². The molecule has 0 atom stereocenters. The topological polar surface area (TPSA) is 57.4 Å². The number of pyridine rings is 1. The fourth-order valence-electron chi connectivity index (χ4n) is 1.82. The van der Waals surface area contributed by atoms with Crippen LogP contribution in [0.1, 0.15) is 6.92 Å². The molecule has 2 N–H and O–H groups in total. The molecule has 0 saturated carbocycles. The minimum Gasteiger partial charge on any atom is -0.493 e. The highest BCUT2D eigenvalue weighted by Crippen LogP contribution is 2.38. The number of benzene rings is 1. The van der Waals surface area contributed by atoms with Crippen molar-refractivity contribution in [2.75, 3.05) is 25.7 Å². The first-order valence-electron chi connectivity index (χ1n) is 5.64. The number of nitrogens with two attached hydrogens (primary N) is 1. The van der Waals surface area contributed by atoms with Gasteiger partial charge in [-0.15, -0.1) is 24.2 Å². The lowest BCUT2D eigenvalue weighted by atomic mass is 10.2. The predicted octanol–water partition coefficient (Wildman–Crippen LogP) is 3.37. The van der Waals surface area contributed by atoms with E-state index in [2.05, 4.69) is 11.9 Å². The number of anilines is 1. The van der Waals surface area contributed by atoms with E-state index in [9.17, 15) is 0 Å². The second-order valence-corrected chi connectivity index (χ2v) is 4.97. The summed E-state index contributed by atoms with van der Waals surface area (Å²) in [7, 11) is 3.23. The maximum atomic E-state index is 5.98. The molecule has 0 aliphatic rings. The third-order valence-corrected chi connectivity index (χ3v) is 3.67. The number of aromatic nitrogens is 1. The Morgan fingerprint density at radius 2 is 1.84 bits per heavy atom. The minimum atomic E-state index is 0. The first-order chi connectivity index (χ1) is 8.71. The molecule has 1 heterocycles. The second kappa shape index (κ2) is 6.73. The molecule has 4 nitrogen and oxygen atoms in total. The number of halogens is 1. The molecule has 0 unspecified atom stereocenters. The Morgan fingerprint density at radius 1 is 1.21 bits per heavy atom. The van der Waals surface area contributed by atoms with Crippen molar-refractivity contribution in [3.05, 3.63) is 18.3 Å². The van der Waals surface area contributed by atoms with Crippen LogP contribution in [0.15, 0.2) is 23.2 Å². The number of hydrogen-bond donors (Lipinski definition) is 1. The molecule has 0 bridgehead atoms. The molecule has 2 aromatic rings. The monoisotopic (exact) mass is 300 g/mol. The van der Waals surface area contributed by atoms with Gasteiger partial charge < -0.3 is 15.2 Å². The fourth-order valence-corrected chi connectivity index (χ4v) is 2.64. The molecule has 0 fully saturated rings. The van der Waals surface area contributed by atoms with Crippen LogP contribution in [0.2, 0.25) is 0 Å². The van der Waals surface area contributed by atoms with Gasteiger partial charge in [0.15, 0.2) is 11.5 Å². The van der Waals surface area contributed by atoms with Gasteiger partial charge in [-0.05, 0) is 11.8 Å². The number of hydrogen-bond acceptors (Lipinski definition) is 5. The molecule has 6 heteroatoms. The third kappa shape index (κ3) is 2.98. The summed E-state index contributed by atoms with van der Waals surface area (Å²) < 4.78 is 10.6. The first kappa shape index (κ1) is 15.7. The number of nitrogens with zero attached hydrogens (tertiary/aromatic N) is 1. The van der Waals surface area contributed by atoms with E-state index in [1.165, 1.54) is 0 Å². The van der Waals surface area contributed by atoms with E-state index in [1.807, 2.05) is 12.1 Å². The zero-order valence-electron chi connectivity index (χ0n) is 11.1. The van der Waals surface area contributed by atoms with Crippen LogP contribution in [0.4, 0.5) is 5.69 Å². The van der Waals surface area contributed by atoms with Gasteiger partial charge in [-0.1, -0.05) is 6.92 Å². The van der Waals surface area contributed by atoms with E-state index in [1.54, 1.807) is 32.2 Å². The van der Waals surface area contributed by atoms with Gasteiger partial charge in [0.25, 0.3) is 0 Å². The molecular formula is C13H17ClN2O2S. The van der Waals surface area contributed by atoms with Crippen molar-refractivity contribution in [3.8, 4) is 11.5 Å². The summed E-state index contributed by atoms with van der Waals surface area (Å²) in [6, 6.07) is 3.79. The molecule has 0 aliphatic carbocycles. The highest BCUT2D eigenvalue weighted by molar-refractivity contribution is 7.99. The van der Waals surface area contributed by atoms with Crippen molar-refractivity contribution in [3.63, 3.8) is 0 Å². The molecule has 1 aromatic carbocycles. The summed E-state index contributed by atoms with van der Waals surface area (Å²) in [6.45, 7) is 2.09. The predicted molar refractivity (Wildman–Crippen MR) is 82.9 cm³/mol. The van der Waals surface area contributed by atoms with Gasteiger partial charge >= 0.3 is 0 Å². The second-order valence-electron chi connectivity index (χ2n) is 3.70. The largest absolute Gasteiger partial charge is 0.493 e. The van der Waals surface area contributed by atoms with E-state index in [4.69, 9.17) is 15.2 Å². The molecule has 19 heavy (non-hydrogen) atoms. The van der Waals surface area contributed by atoms with Crippen molar-refractivity contribution in [2.24, 2.45) is 0 Å². The molecular weight excluding hydrogens is 284 g/mol. The minimum absolute atomic E-state index is 0. The maximum absolute atomic E-state index is 5.98. The van der Waals surface area contributed by atoms with Gasteiger partial charge in [0.1, 0.15) is 0 Å². The quantitative estimate of drug-likeness (QED) is 0.877. The lowest BCUT2D eigenvalue weighted by Gasteiger charge is -2.12. The van der Waals surface area contributed by atoms with Gasteiger partial charge in [-0.2, -0.15) is 0 Å². The van der Waals surface area contributed by atoms with E-state index in [0.29, 0.717) is 17.2 Å². The number of nitrogen functional groups attached to an aromatic ring is 1. The molecule has 0 amide bonds. The van der Waals surface area contributed by atoms with Crippen LogP contribution in [-0.4, -0.2) is 25.0 Å². The normalized spacial score (nSPS) is 10.1. The summed E-state index contributed by atoms with van der Waals surface area (Å²) in [6.07, 6.45) is 1.69. The number of thioether (sulfide) groups is 1. The SMILES string of the molecule is CCSc1c(N)cnc2cc(OC)c(OC)cc12.Cl. The Labute approximate surface area is 123 Å². The Morgan fingerprint density at radius 3 is 2.42 bits per heavy atom. The van der Waals surface area contributed by atoms with Gasteiger partial charge in [0, 0.05) is 16.3 Å². The zero-order chi connectivity index (χ0) is 13.1. The zero-order valence-corrected chi connectivity index (χ0v) is 12.7. The first-order valence-corrected chi connectivity index (χ1v) is 6.62. The third-order valence-electron chi connectivity index (χ3n) is 2.64. The molecule has 0 radical (unpaired) electrons. The number of rotatable bonds is 4. The van der Waals surface area contributed by atoms with Gasteiger partial charge in [-0.25, -0.2) is 0 Å². The molecule has 0 aliphatic heterocycles. The average molecular weight is 301 g/mol. The molecule has 2 rings (SSSR count). The summed E-state index contributed by atoms with van der Waals surface area (Å²) in [5.74, 6) is 2.32. The lowest BCUT2D eigenvalue weighted by Crippen LogP contribution is -1.95. The van der Waals surface area contributed by atoms with Crippen LogP contribution in [0, 0.1) is 0 Å². The Hall–Kier alpha value is -1.33. The summed E-state index contributed by atoms with van der Waals surface area (Å²) in [5, 5.41) is 1.000. The van der Waals surface area contributed by atoms with Gasteiger partial charge in [0.2, 0.25) is 0 Å². The van der Waals surface area contributed by atoms with Crippen LogP contribution in [0.5, 0.6) is 11.5 Å². The van der Waals surface area contributed by atoms with Crippen LogP contribution >= 0.6 is 24.2 Å². The standard InChI is InChI=1S/C13H16N2O2S.ClH/c1-4-18-13-8-5-11(16-2)12(17-3)6-10(8)15-7-9(13)14;/h5-7H,4,14H2,1-3H3;1H. The van der Waals surface area contributed by atoms with Crippen LogP contribution in [-0.2, 0) is 0 Å². The van der Waals surface area contributed by atoms with Crippen molar-refractivity contribution in [1.29, 1.82) is 0 Å². The van der Waals surface area contributed by atoms with Crippen molar-refractivity contribution < 1.29 is 9.47 Å². The average Bonchev–Trinajstić information content (AvgIpc) is 2.40. The molecule has 0 spiro atoms. The summed E-state index contributed by atoms with van der Waals surface area (Å²) in [4.78, 5) is 5.38. The van der Waals surface area contributed by atoms with E-state index >= 15 is 0 Å². The van der Waals surface area contributed by atoms with Crippen LogP contribution in [0.25, 0.3) is 10.9 Å². The smallest absolute Gasteiger partial charge is 0.162 e. The van der Waals surface area contributed by atoms with Crippen LogP contribution < -0.4 is 15.2 Å². The molecule has 0 saturated heterocycles. The Balaban J connectivity index is 0.00000180. The number of ether oxygens (including phenoxy) is 2. The highest BCUT2D eigenvalue weighted by atomic mass is 35.5. The molecule has 104 valence electrons. The Bertz CT molecular complexity index is 578. The Kier molecular flexibility index (Phi) is 5.57. The fraction of sp³-hybridized carbons (Fsp3) is 0.308. The lowest BCUT2D eigenvalue weighted by molar-refractivity contribution is 0.355. The van der Waals surface area contributed by atoms with E-state index < -0.39 is 0 Å². The van der Waals surface area contributed by atoms with Crippen molar-refractivity contribution in [1.82, 2.24) is 4.98 Å². The van der Waals surface area contributed by atoms with Crippen LogP contribution in [0.3, 0.4) is 0 Å². The van der Waals surface area contributed by atoms with Crippen molar-refractivity contribution >= 4 is 40.8 Å². The summed E-state index contributed by atoms with van der Waals surface area (Å²) in [5.41, 5.74) is 7.53. The van der Waals surface area contributed by atoms with E-state index in [0.717, 1.165) is 21.6 Å². The van der Waals surface area contributed by atoms with E-state index in [-0.39, 0.29) is 12.4 Å². The summed E-state index contributed by atoms with van der Waals surface area (Å²) >= 11 is 1.70. The van der Waals surface area contributed by atoms with Gasteiger partial charge in [0.05, 0.1) is 31.6 Å². The number of fused-ring (bicyclic) bond motifs is 1. The highest BCUT2D eigenvalue weighted by Gasteiger charge is 2.12. The maximum Gasteiger partial charge on any atom is 0.162 e. The number of methoxy groups -OCH3 is 2. The van der Waals surface area contributed by atoms with Gasteiger partial charge in [-0.3, -0.25) is 4.98 Å².